The first-order chi connectivity index (χ1) is 14.6. The zero-order valence-electron chi connectivity index (χ0n) is 17.4. The smallest absolute Gasteiger partial charge is 0.244 e. The van der Waals surface area contributed by atoms with Crippen molar-refractivity contribution in [2.45, 2.75) is 6.54 Å². The Kier molecular flexibility index (Phi) is 6.90. The van der Waals surface area contributed by atoms with E-state index in [9.17, 15) is 4.79 Å². The minimum atomic E-state index is -0.263. The molecule has 0 spiro atoms. The van der Waals surface area contributed by atoms with Gasteiger partial charge in [-0.3, -0.25) is 4.79 Å². The maximum absolute atomic E-state index is 12.3. The average molecular weight is 415 g/mol. The normalized spacial score (nSPS) is 12.4. The van der Waals surface area contributed by atoms with E-state index in [-0.39, 0.29) is 12.5 Å². The molecule has 2 aromatic carbocycles. The molecule has 0 saturated heterocycles. The molecule has 0 atom stereocenters. The first-order valence-corrected chi connectivity index (χ1v) is 9.32. The van der Waals surface area contributed by atoms with E-state index in [4.69, 9.17) is 28.4 Å². The van der Waals surface area contributed by atoms with Crippen LogP contribution in [-0.2, 0) is 11.3 Å². The summed E-state index contributed by atoms with van der Waals surface area (Å²) < 4.78 is 32.5. The number of amides is 1. The van der Waals surface area contributed by atoms with Gasteiger partial charge in [0, 0.05) is 24.3 Å². The number of ether oxygens (including phenoxy) is 6. The topological polar surface area (TPSA) is 84.5 Å². The summed E-state index contributed by atoms with van der Waals surface area (Å²) in [5.41, 5.74) is 1.52. The minimum Gasteiger partial charge on any atom is -0.496 e. The predicted molar refractivity (Wildman–Crippen MR) is 111 cm³/mol. The molecule has 0 unspecified atom stereocenters. The van der Waals surface area contributed by atoms with Gasteiger partial charge in [-0.15, -0.1) is 0 Å². The van der Waals surface area contributed by atoms with Gasteiger partial charge in [0.2, 0.25) is 11.7 Å². The molecule has 1 aliphatic heterocycles. The molecule has 1 N–H and O–H groups in total. The Hall–Kier alpha value is -3.55. The molecule has 0 bridgehead atoms. The third-order valence-electron chi connectivity index (χ3n) is 4.52. The van der Waals surface area contributed by atoms with Crippen molar-refractivity contribution >= 4 is 12.0 Å². The number of fused-ring (bicyclic) bond motifs is 1. The monoisotopic (exact) mass is 415 g/mol. The number of hydrogen-bond donors (Lipinski definition) is 1. The Labute approximate surface area is 175 Å². The molecule has 8 nitrogen and oxygen atoms in total. The molecule has 0 radical (unpaired) electrons. The number of carbonyl (C=O) groups is 1. The lowest BCUT2D eigenvalue weighted by Gasteiger charge is -2.20. The molecule has 0 fully saturated rings. The van der Waals surface area contributed by atoms with E-state index in [1.54, 1.807) is 58.8 Å². The van der Waals surface area contributed by atoms with E-state index in [2.05, 4.69) is 5.32 Å². The number of hydrogen-bond acceptors (Lipinski definition) is 7. The standard InChI is InChI=1S/C22H25NO7/c1-25-16-12-18(27-3)17(26-2)11-15(16)13-23-21(24)6-5-14-9-19(28-4)22-20(10-14)29-7-8-30-22/h5-6,9-12H,7-8,13H2,1-4H3,(H,23,24)/b6-5+. The lowest BCUT2D eigenvalue weighted by Crippen LogP contribution is -2.20. The van der Waals surface area contributed by atoms with Crippen molar-refractivity contribution < 1.29 is 33.2 Å². The second kappa shape index (κ2) is 9.78. The van der Waals surface area contributed by atoms with Crippen LogP contribution >= 0.6 is 0 Å². The van der Waals surface area contributed by atoms with Crippen molar-refractivity contribution in [3.63, 3.8) is 0 Å². The molecule has 0 saturated carbocycles. The highest BCUT2D eigenvalue weighted by Crippen LogP contribution is 2.40. The van der Waals surface area contributed by atoms with E-state index in [0.29, 0.717) is 47.7 Å². The summed E-state index contributed by atoms with van der Waals surface area (Å²) in [6.45, 7) is 1.20. The van der Waals surface area contributed by atoms with Gasteiger partial charge < -0.3 is 33.7 Å². The quantitative estimate of drug-likeness (QED) is 0.664. The summed E-state index contributed by atoms with van der Waals surface area (Å²) in [5.74, 6) is 3.16. The molecule has 0 aliphatic carbocycles. The Morgan fingerprint density at radius 3 is 2.27 bits per heavy atom. The molecular formula is C22H25NO7. The number of rotatable bonds is 8. The molecule has 160 valence electrons. The van der Waals surface area contributed by atoms with Crippen LogP contribution in [0.3, 0.4) is 0 Å². The fourth-order valence-corrected chi connectivity index (χ4v) is 3.03. The van der Waals surface area contributed by atoms with E-state index < -0.39 is 0 Å². The van der Waals surface area contributed by atoms with Crippen LogP contribution in [0.4, 0.5) is 0 Å². The fourth-order valence-electron chi connectivity index (χ4n) is 3.03. The predicted octanol–water partition coefficient (Wildman–Crippen LogP) is 2.82. The summed E-state index contributed by atoms with van der Waals surface area (Å²) in [6.07, 6.45) is 3.13. The molecule has 8 heteroatoms. The van der Waals surface area contributed by atoms with Gasteiger partial charge in [0.05, 0.1) is 28.4 Å². The van der Waals surface area contributed by atoms with Crippen LogP contribution in [0.5, 0.6) is 34.5 Å². The Morgan fingerprint density at radius 1 is 0.900 bits per heavy atom. The minimum absolute atomic E-state index is 0.261. The van der Waals surface area contributed by atoms with E-state index in [0.717, 1.165) is 11.1 Å². The van der Waals surface area contributed by atoms with E-state index in [1.807, 2.05) is 0 Å². The van der Waals surface area contributed by atoms with Gasteiger partial charge in [-0.1, -0.05) is 0 Å². The van der Waals surface area contributed by atoms with Crippen LogP contribution in [0, 0.1) is 0 Å². The number of benzene rings is 2. The van der Waals surface area contributed by atoms with Crippen molar-refractivity contribution in [1.29, 1.82) is 0 Å². The Morgan fingerprint density at radius 2 is 1.57 bits per heavy atom. The third-order valence-corrected chi connectivity index (χ3v) is 4.52. The van der Waals surface area contributed by atoms with Gasteiger partial charge in [-0.25, -0.2) is 0 Å². The lowest BCUT2D eigenvalue weighted by atomic mass is 10.1. The first kappa shape index (κ1) is 21.2. The van der Waals surface area contributed by atoms with Crippen LogP contribution in [0.15, 0.2) is 30.3 Å². The van der Waals surface area contributed by atoms with Crippen LogP contribution in [0.2, 0.25) is 0 Å². The van der Waals surface area contributed by atoms with Crippen LogP contribution in [0.25, 0.3) is 6.08 Å². The van der Waals surface area contributed by atoms with Gasteiger partial charge in [-0.2, -0.15) is 0 Å². The van der Waals surface area contributed by atoms with E-state index in [1.165, 1.54) is 6.08 Å². The Balaban J connectivity index is 1.70. The molecule has 1 amide bonds. The zero-order chi connectivity index (χ0) is 21.5. The second-order valence-corrected chi connectivity index (χ2v) is 6.32. The van der Waals surface area contributed by atoms with Crippen molar-refractivity contribution in [2.24, 2.45) is 0 Å². The SMILES string of the molecule is COc1cc(OC)c(OC)cc1CNC(=O)/C=C/c1cc(OC)c2c(c1)OCCO2. The van der Waals surface area contributed by atoms with Gasteiger partial charge >= 0.3 is 0 Å². The van der Waals surface area contributed by atoms with Crippen molar-refractivity contribution in [3.05, 3.63) is 41.5 Å². The van der Waals surface area contributed by atoms with Gasteiger partial charge in [0.15, 0.2) is 23.0 Å². The maximum atomic E-state index is 12.3. The van der Waals surface area contributed by atoms with Crippen LogP contribution < -0.4 is 33.7 Å². The van der Waals surface area contributed by atoms with E-state index >= 15 is 0 Å². The van der Waals surface area contributed by atoms with Crippen molar-refractivity contribution in [1.82, 2.24) is 5.32 Å². The number of nitrogens with one attached hydrogen (secondary N) is 1. The number of methoxy groups -OCH3 is 4. The average Bonchev–Trinajstić information content (AvgIpc) is 2.79. The third kappa shape index (κ3) is 4.71. The summed E-state index contributed by atoms with van der Waals surface area (Å²) in [4.78, 5) is 12.3. The molecular weight excluding hydrogens is 390 g/mol. The number of carbonyl (C=O) groups excluding carboxylic acids is 1. The van der Waals surface area contributed by atoms with Crippen molar-refractivity contribution in [2.75, 3.05) is 41.7 Å². The van der Waals surface area contributed by atoms with Gasteiger partial charge in [0.1, 0.15) is 19.0 Å². The van der Waals surface area contributed by atoms with Gasteiger partial charge in [-0.05, 0) is 29.8 Å². The zero-order valence-corrected chi connectivity index (χ0v) is 17.4. The fraction of sp³-hybridized carbons (Fsp3) is 0.318. The van der Waals surface area contributed by atoms with Crippen molar-refractivity contribution in [3.8, 4) is 34.5 Å². The first-order valence-electron chi connectivity index (χ1n) is 9.32. The summed E-state index contributed by atoms with van der Waals surface area (Å²) in [6, 6.07) is 7.08. The second-order valence-electron chi connectivity index (χ2n) is 6.32. The summed E-state index contributed by atoms with van der Waals surface area (Å²) in [7, 11) is 6.22. The summed E-state index contributed by atoms with van der Waals surface area (Å²) >= 11 is 0. The lowest BCUT2D eigenvalue weighted by molar-refractivity contribution is -0.116. The van der Waals surface area contributed by atoms with Crippen LogP contribution in [-0.4, -0.2) is 47.6 Å². The molecule has 0 aromatic heterocycles. The Bertz CT molecular complexity index is 922. The van der Waals surface area contributed by atoms with Crippen LogP contribution in [0.1, 0.15) is 11.1 Å². The molecule has 30 heavy (non-hydrogen) atoms. The largest absolute Gasteiger partial charge is 0.496 e. The molecule has 1 aliphatic rings. The highest BCUT2D eigenvalue weighted by Gasteiger charge is 2.18. The molecule has 1 heterocycles. The highest BCUT2D eigenvalue weighted by atomic mass is 16.6. The molecule has 3 rings (SSSR count). The van der Waals surface area contributed by atoms with Gasteiger partial charge in [0.25, 0.3) is 0 Å². The highest BCUT2D eigenvalue weighted by molar-refractivity contribution is 5.92. The summed E-state index contributed by atoms with van der Waals surface area (Å²) in [5, 5.41) is 2.83. The molecule has 2 aromatic rings. The maximum Gasteiger partial charge on any atom is 0.244 e.